The van der Waals surface area contributed by atoms with Gasteiger partial charge in [-0.2, -0.15) is 0 Å². The Labute approximate surface area is 233 Å². The summed E-state index contributed by atoms with van der Waals surface area (Å²) >= 11 is 1.47. The smallest absolute Gasteiger partial charge is 0.247 e. The van der Waals surface area contributed by atoms with Crippen molar-refractivity contribution in [2.24, 2.45) is 5.92 Å². The van der Waals surface area contributed by atoms with Gasteiger partial charge in [0.2, 0.25) is 11.8 Å². The molecule has 7 nitrogen and oxygen atoms in total. The molecule has 0 bridgehead atoms. The van der Waals surface area contributed by atoms with Gasteiger partial charge in [-0.3, -0.25) is 9.59 Å². The van der Waals surface area contributed by atoms with Crippen LogP contribution in [0.1, 0.15) is 24.4 Å². The van der Waals surface area contributed by atoms with Crippen molar-refractivity contribution in [1.82, 2.24) is 9.88 Å². The molecule has 1 unspecified atom stereocenters. The number of hydrogen-bond acceptors (Lipinski definition) is 6. The van der Waals surface area contributed by atoms with E-state index in [1.54, 1.807) is 43.4 Å². The Morgan fingerprint density at radius 1 is 0.897 bits per heavy atom. The van der Waals surface area contributed by atoms with Crippen LogP contribution in [-0.2, 0) is 22.6 Å². The maximum Gasteiger partial charge on any atom is 0.247 e. The lowest BCUT2D eigenvalue weighted by Crippen LogP contribution is -2.50. The van der Waals surface area contributed by atoms with Crippen LogP contribution in [0.3, 0.4) is 0 Å². The second-order valence-electron chi connectivity index (χ2n) is 9.45. The van der Waals surface area contributed by atoms with Crippen LogP contribution in [0, 0.1) is 5.92 Å². The van der Waals surface area contributed by atoms with E-state index in [0.29, 0.717) is 11.4 Å². The Balaban J connectivity index is 1.61. The molecular weight excluding hydrogens is 510 g/mol. The number of benzene rings is 3. The molecule has 0 spiro atoms. The van der Waals surface area contributed by atoms with Gasteiger partial charge in [-0.25, -0.2) is 4.98 Å². The third-order valence-electron chi connectivity index (χ3n) is 6.36. The van der Waals surface area contributed by atoms with Crippen molar-refractivity contribution >= 4 is 28.8 Å². The number of amides is 2. The first-order valence-corrected chi connectivity index (χ1v) is 13.6. The van der Waals surface area contributed by atoms with E-state index in [2.05, 4.69) is 5.32 Å². The number of carbonyl (C=O) groups excluding carboxylic acids is 2. The lowest BCUT2D eigenvalue weighted by Gasteiger charge is -2.33. The largest absolute Gasteiger partial charge is 0.497 e. The van der Waals surface area contributed by atoms with Gasteiger partial charge in [0, 0.05) is 16.6 Å². The van der Waals surface area contributed by atoms with Crippen molar-refractivity contribution in [3.05, 3.63) is 94.8 Å². The molecule has 2 amide bonds. The number of aromatic nitrogens is 1. The fraction of sp³-hybridized carbons (Fsp3) is 0.258. The van der Waals surface area contributed by atoms with Crippen LogP contribution in [0.2, 0.25) is 0 Å². The van der Waals surface area contributed by atoms with E-state index in [1.165, 1.54) is 11.3 Å². The number of methoxy groups -OCH3 is 2. The molecule has 39 heavy (non-hydrogen) atoms. The number of nitrogens with one attached hydrogen (secondary N) is 1. The van der Waals surface area contributed by atoms with Gasteiger partial charge in [0.05, 0.1) is 32.9 Å². The fourth-order valence-electron chi connectivity index (χ4n) is 4.33. The lowest BCUT2D eigenvalue weighted by molar-refractivity contribution is -0.140. The Bertz CT molecular complexity index is 1370. The number of hydrogen-bond donors (Lipinski definition) is 1. The van der Waals surface area contributed by atoms with Crippen LogP contribution in [0.5, 0.6) is 11.5 Å². The highest BCUT2D eigenvalue weighted by atomic mass is 32.1. The zero-order valence-electron chi connectivity index (χ0n) is 22.6. The summed E-state index contributed by atoms with van der Waals surface area (Å²) < 4.78 is 10.5. The van der Waals surface area contributed by atoms with Crippen molar-refractivity contribution in [2.75, 3.05) is 19.5 Å². The molecule has 1 N–H and O–H groups in total. The highest BCUT2D eigenvalue weighted by Crippen LogP contribution is 2.27. The molecule has 0 saturated heterocycles. The standard InChI is InChI=1S/C31H33N3O4S/c1-21(2)30(31(36)32-24-12-16-26(38-4)17-13-24)34(29(35)18-22-8-6-5-7-9-22)19-28-33-27(20-39-28)23-10-14-25(37-3)15-11-23/h5-17,20-21,30H,18-19H2,1-4H3,(H,32,36). The molecule has 1 atom stereocenters. The molecule has 0 aliphatic rings. The maximum atomic E-state index is 13.7. The first kappa shape index (κ1) is 27.9. The molecule has 0 fully saturated rings. The zero-order valence-corrected chi connectivity index (χ0v) is 23.4. The van der Waals surface area contributed by atoms with Crippen LogP contribution < -0.4 is 14.8 Å². The summed E-state index contributed by atoms with van der Waals surface area (Å²) in [7, 11) is 3.23. The minimum absolute atomic E-state index is 0.133. The monoisotopic (exact) mass is 543 g/mol. The van der Waals surface area contributed by atoms with Crippen LogP contribution in [0.15, 0.2) is 84.2 Å². The van der Waals surface area contributed by atoms with E-state index in [4.69, 9.17) is 14.5 Å². The van der Waals surface area contributed by atoms with Crippen molar-refractivity contribution in [2.45, 2.75) is 32.9 Å². The first-order valence-electron chi connectivity index (χ1n) is 12.7. The molecule has 0 saturated carbocycles. The average molecular weight is 544 g/mol. The number of thiazole rings is 1. The Morgan fingerprint density at radius 3 is 2.10 bits per heavy atom. The maximum absolute atomic E-state index is 13.7. The molecule has 4 rings (SSSR count). The minimum Gasteiger partial charge on any atom is -0.497 e. The van der Waals surface area contributed by atoms with Gasteiger partial charge in [-0.1, -0.05) is 44.2 Å². The topological polar surface area (TPSA) is 80.8 Å². The second kappa shape index (κ2) is 13.1. The summed E-state index contributed by atoms with van der Waals surface area (Å²) in [5.41, 5.74) is 3.30. The van der Waals surface area contributed by atoms with Gasteiger partial charge in [0.1, 0.15) is 22.5 Å². The molecule has 0 aliphatic carbocycles. The molecule has 0 aliphatic heterocycles. The normalized spacial score (nSPS) is 11.6. The Hall–Kier alpha value is -4.17. The fourth-order valence-corrected chi connectivity index (χ4v) is 5.13. The second-order valence-corrected chi connectivity index (χ2v) is 10.4. The SMILES string of the molecule is COc1ccc(NC(=O)C(C(C)C)N(Cc2nc(-c3ccc(OC)cc3)cs2)C(=O)Cc2ccccc2)cc1. The van der Waals surface area contributed by atoms with Crippen LogP contribution >= 0.6 is 11.3 Å². The van der Waals surface area contributed by atoms with E-state index in [9.17, 15) is 9.59 Å². The summed E-state index contributed by atoms with van der Waals surface area (Å²) in [5, 5.41) is 5.71. The van der Waals surface area contributed by atoms with E-state index >= 15 is 0 Å². The third-order valence-corrected chi connectivity index (χ3v) is 7.19. The van der Waals surface area contributed by atoms with E-state index in [1.807, 2.05) is 73.8 Å². The van der Waals surface area contributed by atoms with Gasteiger partial charge in [-0.05, 0) is 60.0 Å². The highest BCUT2D eigenvalue weighted by molar-refractivity contribution is 7.09. The van der Waals surface area contributed by atoms with Crippen LogP contribution in [0.4, 0.5) is 5.69 Å². The molecule has 1 aromatic heterocycles. The Morgan fingerprint density at radius 2 is 1.51 bits per heavy atom. The van der Waals surface area contributed by atoms with E-state index in [-0.39, 0.29) is 30.7 Å². The van der Waals surface area contributed by atoms with E-state index in [0.717, 1.165) is 27.6 Å². The third kappa shape index (κ3) is 7.23. The van der Waals surface area contributed by atoms with Crippen molar-refractivity contribution in [3.63, 3.8) is 0 Å². The summed E-state index contributed by atoms with van der Waals surface area (Å²) in [6, 6.07) is 23.7. The van der Waals surface area contributed by atoms with Crippen LogP contribution in [-0.4, -0.2) is 42.0 Å². The summed E-state index contributed by atoms with van der Waals surface area (Å²) in [5.74, 6) is 0.956. The zero-order chi connectivity index (χ0) is 27.8. The number of rotatable bonds is 11. The van der Waals surface area contributed by atoms with Gasteiger partial charge in [0.25, 0.3) is 0 Å². The first-order chi connectivity index (χ1) is 18.9. The van der Waals surface area contributed by atoms with Gasteiger partial charge in [-0.15, -0.1) is 11.3 Å². The molecule has 8 heteroatoms. The predicted octanol–water partition coefficient (Wildman–Crippen LogP) is 6.06. The Kier molecular flexibility index (Phi) is 9.33. The quantitative estimate of drug-likeness (QED) is 0.249. The van der Waals surface area contributed by atoms with Gasteiger partial charge >= 0.3 is 0 Å². The average Bonchev–Trinajstić information content (AvgIpc) is 3.42. The molecular formula is C31H33N3O4S. The van der Waals surface area contributed by atoms with Crippen molar-refractivity contribution in [1.29, 1.82) is 0 Å². The lowest BCUT2D eigenvalue weighted by atomic mass is 10.00. The molecule has 1 heterocycles. The molecule has 3 aromatic carbocycles. The van der Waals surface area contributed by atoms with Crippen molar-refractivity contribution in [3.8, 4) is 22.8 Å². The molecule has 0 radical (unpaired) electrons. The summed E-state index contributed by atoms with van der Waals surface area (Å²) in [6.07, 6.45) is 0.191. The molecule has 202 valence electrons. The van der Waals surface area contributed by atoms with Gasteiger partial charge < -0.3 is 19.7 Å². The van der Waals surface area contributed by atoms with Crippen LogP contribution in [0.25, 0.3) is 11.3 Å². The van der Waals surface area contributed by atoms with E-state index < -0.39 is 6.04 Å². The predicted molar refractivity (Wildman–Crippen MR) is 155 cm³/mol. The van der Waals surface area contributed by atoms with Crippen molar-refractivity contribution < 1.29 is 19.1 Å². The number of nitrogens with zero attached hydrogens (tertiary/aromatic N) is 2. The minimum atomic E-state index is -0.698. The molecule has 4 aromatic rings. The number of anilines is 1. The summed E-state index contributed by atoms with van der Waals surface area (Å²) in [4.78, 5) is 33.8. The number of ether oxygens (including phenoxy) is 2. The number of carbonyl (C=O) groups is 2. The highest BCUT2D eigenvalue weighted by Gasteiger charge is 2.33. The summed E-state index contributed by atoms with van der Waals surface area (Å²) in [6.45, 7) is 4.13. The van der Waals surface area contributed by atoms with Gasteiger partial charge in [0.15, 0.2) is 0 Å².